The van der Waals surface area contributed by atoms with Crippen molar-refractivity contribution in [3.63, 3.8) is 0 Å². The van der Waals surface area contributed by atoms with Crippen LogP contribution in [-0.2, 0) is 4.79 Å². The molecule has 0 radical (unpaired) electrons. The van der Waals surface area contributed by atoms with Gasteiger partial charge in [0, 0.05) is 39.1 Å². The average molecular weight is 412 g/mol. The highest BCUT2D eigenvalue weighted by Gasteiger charge is 2.43. The number of amides is 1. The standard InChI is InChI=1S/C17H23F2N3O2.2ClH/c18-17(19)12-15(20-13-17)16(23)22-8-6-21(7-9-22)10-11-24-14-4-2-1-3-5-14;;/h1-5,15,20H,6-13H2;2*1H. The number of carbonyl (C=O) groups excluding carboxylic acids is 1. The van der Waals surface area contributed by atoms with E-state index in [0.29, 0.717) is 19.7 Å². The SMILES string of the molecule is Cl.Cl.O=C(C1CC(F)(F)CN1)N1CCN(CCOc2ccccc2)CC1. The molecule has 2 aliphatic rings. The smallest absolute Gasteiger partial charge is 0.262 e. The predicted octanol–water partition coefficient (Wildman–Crippen LogP) is 2.05. The van der Waals surface area contributed by atoms with Crippen molar-refractivity contribution in [2.75, 3.05) is 45.9 Å². The van der Waals surface area contributed by atoms with Gasteiger partial charge in [0.15, 0.2) is 0 Å². The van der Waals surface area contributed by atoms with Crippen molar-refractivity contribution in [3.8, 4) is 5.75 Å². The van der Waals surface area contributed by atoms with Crippen molar-refractivity contribution in [2.45, 2.75) is 18.4 Å². The number of piperazine rings is 1. The zero-order valence-electron chi connectivity index (χ0n) is 14.4. The average Bonchev–Trinajstić information content (AvgIpc) is 2.96. The minimum absolute atomic E-state index is 0. The second-order valence-corrected chi connectivity index (χ2v) is 6.32. The van der Waals surface area contributed by atoms with Crippen LogP contribution in [0.4, 0.5) is 8.78 Å². The van der Waals surface area contributed by atoms with Gasteiger partial charge in [0.05, 0.1) is 12.6 Å². The zero-order chi connectivity index (χ0) is 17.0. The van der Waals surface area contributed by atoms with Crippen LogP contribution in [0.3, 0.4) is 0 Å². The quantitative estimate of drug-likeness (QED) is 0.805. The second kappa shape index (κ2) is 10.3. The number of alkyl halides is 2. The van der Waals surface area contributed by atoms with E-state index in [4.69, 9.17) is 4.74 Å². The molecule has 2 saturated heterocycles. The molecule has 2 heterocycles. The molecule has 0 bridgehead atoms. The summed E-state index contributed by atoms with van der Waals surface area (Å²) in [7, 11) is 0. The molecule has 5 nitrogen and oxygen atoms in total. The lowest BCUT2D eigenvalue weighted by Gasteiger charge is -2.35. The number of hydrogen-bond acceptors (Lipinski definition) is 4. The molecule has 3 rings (SSSR count). The van der Waals surface area contributed by atoms with Gasteiger partial charge in [-0.05, 0) is 12.1 Å². The maximum atomic E-state index is 13.2. The van der Waals surface area contributed by atoms with Crippen molar-refractivity contribution in [1.82, 2.24) is 15.1 Å². The van der Waals surface area contributed by atoms with Crippen LogP contribution < -0.4 is 10.1 Å². The molecule has 148 valence electrons. The molecule has 1 atom stereocenters. The van der Waals surface area contributed by atoms with E-state index in [1.165, 1.54) is 0 Å². The molecular formula is C17H25Cl2F2N3O2. The summed E-state index contributed by atoms with van der Waals surface area (Å²) >= 11 is 0. The Morgan fingerprint density at radius 1 is 1.15 bits per heavy atom. The first-order valence-corrected chi connectivity index (χ1v) is 8.34. The number of benzene rings is 1. The summed E-state index contributed by atoms with van der Waals surface area (Å²) in [5, 5.41) is 2.63. The highest BCUT2D eigenvalue weighted by Crippen LogP contribution is 2.26. The van der Waals surface area contributed by atoms with E-state index in [2.05, 4.69) is 10.2 Å². The van der Waals surface area contributed by atoms with Gasteiger partial charge in [0.1, 0.15) is 12.4 Å². The van der Waals surface area contributed by atoms with Crippen molar-refractivity contribution >= 4 is 30.7 Å². The largest absolute Gasteiger partial charge is 0.492 e. The molecule has 1 aromatic rings. The topological polar surface area (TPSA) is 44.8 Å². The first kappa shape index (κ1) is 22.9. The highest BCUT2D eigenvalue weighted by molar-refractivity contribution is 5.85. The van der Waals surface area contributed by atoms with Crippen LogP contribution in [0, 0.1) is 0 Å². The van der Waals surface area contributed by atoms with Gasteiger partial charge in [-0.25, -0.2) is 8.78 Å². The first-order chi connectivity index (χ1) is 11.5. The third kappa shape index (κ3) is 6.23. The third-order valence-electron chi connectivity index (χ3n) is 4.51. The van der Waals surface area contributed by atoms with E-state index >= 15 is 0 Å². The van der Waals surface area contributed by atoms with Crippen LogP contribution in [0.25, 0.3) is 0 Å². The molecule has 2 aliphatic heterocycles. The normalized spacial score (nSPS) is 22.2. The van der Waals surface area contributed by atoms with E-state index in [0.717, 1.165) is 25.4 Å². The zero-order valence-corrected chi connectivity index (χ0v) is 16.0. The fourth-order valence-electron chi connectivity index (χ4n) is 3.11. The Kier molecular flexibility index (Phi) is 9.03. The fraction of sp³-hybridized carbons (Fsp3) is 0.588. The number of hydrogen-bond donors (Lipinski definition) is 1. The van der Waals surface area contributed by atoms with Crippen molar-refractivity contribution in [3.05, 3.63) is 30.3 Å². The highest BCUT2D eigenvalue weighted by atomic mass is 35.5. The maximum absolute atomic E-state index is 13.2. The molecule has 1 amide bonds. The van der Waals surface area contributed by atoms with E-state index < -0.39 is 24.9 Å². The molecule has 0 spiro atoms. The first-order valence-electron chi connectivity index (χ1n) is 8.34. The molecule has 1 aromatic carbocycles. The maximum Gasteiger partial charge on any atom is 0.262 e. The molecule has 0 saturated carbocycles. The van der Waals surface area contributed by atoms with Gasteiger partial charge in [-0.15, -0.1) is 24.8 Å². The van der Waals surface area contributed by atoms with Gasteiger partial charge in [0.25, 0.3) is 5.92 Å². The van der Waals surface area contributed by atoms with Crippen molar-refractivity contribution in [2.24, 2.45) is 0 Å². The number of carbonyl (C=O) groups is 1. The lowest BCUT2D eigenvalue weighted by atomic mass is 10.1. The molecule has 2 fully saturated rings. The van der Waals surface area contributed by atoms with Crippen LogP contribution >= 0.6 is 24.8 Å². The Morgan fingerprint density at radius 2 is 1.81 bits per heavy atom. The summed E-state index contributed by atoms with van der Waals surface area (Å²) in [6.45, 7) is 3.62. The van der Waals surface area contributed by atoms with E-state index in [9.17, 15) is 13.6 Å². The van der Waals surface area contributed by atoms with Crippen LogP contribution in [0.15, 0.2) is 30.3 Å². The number of rotatable bonds is 5. The molecule has 1 unspecified atom stereocenters. The Bertz CT molecular complexity index is 558. The number of para-hydroxylation sites is 1. The van der Waals surface area contributed by atoms with Gasteiger partial charge in [-0.2, -0.15) is 0 Å². The lowest BCUT2D eigenvalue weighted by Crippen LogP contribution is -2.53. The third-order valence-corrected chi connectivity index (χ3v) is 4.51. The fourth-order valence-corrected chi connectivity index (χ4v) is 3.11. The Hall–Kier alpha value is -1.15. The Balaban J connectivity index is 0.00000169. The number of ether oxygens (including phenoxy) is 1. The summed E-state index contributed by atoms with van der Waals surface area (Å²) in [6, 6.07) is 8.90. The number of nitrogens with one attached hydrogen (secondary N) is 1. The number of halogens is 4. The van der Waals surface area contributed by atoms with Gasteiger partial charge in [-0.1, -0.05) is 18.2 Å². The molecule has 26 heavy (non-hydrogen) atoms. The van der Waals surface area contributed by atoms with Crippen LogP contribution in [0.5, 0.6) is 5.75 Å². The second-order valence-electron chi connectivity index (χ2n) is 6.32. The molecule has 1 N–H and O–H groups in total. The Labute approximate surface area is 164 Å². The van der Waals surface area contributed by atoms with Crippen molar-refractivity contribution < 1.29 is 18.3 Å². The molecule has 0 aliphatic carbocycles. The van der Waals surface area contributed by atoms with E-state index in [1.54, 1.807) is 4.90 Å². The predicted molar refractivity (Wildman–Crippen MR) is 101 cm³/mol. The van der Waals surface area contributed by atoms with Gasteiger partial charge < -0.3 is 9.64 Å². The van der Waals surface area contributed by atoms with Crippen LogP contribution in [0.1, 0.15) is 6.42 Å². The van der Waals surface area contributed by atoms with Gasteiger partial charge in [0.2, 0.25) is 5.91 Å². The monoisotopic (exact) mass is 411 g/mol. The summed E-state index contributed by atoms with van der Waals surface area (Å²) in [4.78, 5) is 16.2. The lowest BCUT2D eigenvalue weighted by molar-refractivity contribution is -0.135. The minimum atomic E-state index is -2.77. The van der Waals surface area contributed by atoms with E-state index in [1.807, 2.05) is 30.3 Å². The van der Waals surface area contributed by atoms with E-state index in [-0.39, 0.29) is 30.7 Å². The van der Waals surface area contributed by atoms with Crippen LogP contribution in [0.2, 0.25) is 0 Å². The van der Waals surface area contributed by atoms with Gasteiger partial charge >= 0.3 is 0 Å². The molecule has 0 aromatic heterocycles. The van der Waals surface area contributed by atoms with Gasteiger partial charge in [-0.3, -0.25) is 15.0 Å². The molecular weight excluding hydrogens is 387 g/mol. The van der Waals surface area contributed by atoms with Crippen LogP contribution in [-0.4, -0.2) is 73.5 Å². The summed E-state index contributed by atoms with van der Waals surface area (Å²) in [5.41, 5.74) is 0. The molecule has 9 heteroatoms. The minimum Gasteiger partial charge on any atom is -0.492 e. The number of nitrogens with zero attached hydrogens (tertiary/aromatic N) is 2. The summed E-state index contributed by atoms with van der Waals surface area (Å²) < 4.78 is 32.1. The Morgan fingerprint density at radius 3 is 2.38 bits per heavy atom. The van der Waals surface area contributed by atoms with Crippen molar-refractivity contribution in [1.29, 1.82) is 0 Å². The summed E-state index contributed by atoms with van der Waals surface area (Å²) in [6.07, 6.45) is -0.392. The summed E-state index contributed by atoms with van der Waals surface area (Å²) in [5.74, 6) is -2.12.